The maximum atomic E-state index is 12.5. The van der Waals surface area contributed by atoms with Crippen molar-refractivity contribution in [3.63, 3.8) is 0 Å². The predicted octanol–water partition coefficient (Wildman–Crippen LogP) is 5.21. The highest BCUT2D eigenvalue weighted by Gasteiger charge is 2.43. The third-order valence-corrected chi connectivity index (χ3v) is 6.15. The van der Waals surface area contributed by atoms with E-state index in [4.69, 9.17) is 21.8 Å². The van der Waals surface area contributed by atoms with Crippen LogP contribution < -0.4 is 5.32 Å². The second kappa shape index (κ2) is 7.53. The molecule has 7 heteroatoms. The number of hydrogen-bond acceptors (Lipinski definition) is 4. The Bertz CT molecular complexity index is 1330. The molecule has 0 aliphatic heterocycles. The van der Waals surface area contributed by atoms with E-state index in [-0.39, 0.29) is 11.3 Å². The first-order valence-electron chi connectivity index (χ1n) is 10.0. The summed E-state index contributed by atoms with van der Waals surface area (Å²) in [6.45, 7) is 0. The molecule has 0 saturated heterocycles. The van der Waals surface area contributed by atoms with Crippen molar-refractivity contribution in [2.24, 2.45) is 0 Å². The number of H-pyrrole nitrogens is 1. The molecule has 1 amide bonds. The van der Waals surface area contributed by atoms with Gasteiger partial charge in [0.15, 0.2) is 0 Å². The number of amides is 1. The first kappa shape index (κ1) is 19.3. The Balaban J connectivity index is 1.40. The SMILES string of the molecule is N#Cc1cccc(C(=O)Nc2ccc(C3(c4nc5cc(Cl)ccc5[nH]4)CCC3)cn2)c1. The Labute approximate surface area is 183 Å². The van der Waals surface area contributed by atoms with Crippen molar-refractivity contribution in [1.82, 2.24) is 15.0 Å². The minimum absolute atomic E-state index is 0.206. The molecule has 31 heavy (non-hydrogen) atoms. The molecule has 1 aliphatic carbocycles. The fourth-order valence-electron chi connectivity index (χ4n) is 4.07. The number of rotatable bonds is 4. The molecule has 0 atom stereocenters. The lowest BCUT2D eigenvalue weighted by molar-refractivity contribution is 0.102. The van der Waals surface area contributed by atoms with E-state index in [0.29, 0.717) is 22.0 Å². The number of aromatic nitrogens is 3. The molecule has 1 fully saturated rings. The average molecular weight is 428 g/mol. The number of hydrogen-bond donors (Lipinski definition) is 2. The Morgan fingerprint density at radius 3 is 2.74 bits per heavy atom. The smallest absolute Gasteiger partial charge is 0.256 e. The van der Waals surface area contributed by atoms with Crippen LogP contribution >= 0.6 is 11.6 Å². The van der Waals surface area contributed by atoms with E-state index in [1.807, 2.05) is 30.3 Å². The van der Waals surface area contributed by atoms with Crippen molar-refractivity contribution in [2.75, 3.05) is 5.32 Å². The molecule has 2 heterocycles. The maximum absolute atomic E-state index is 12.5. The highest BCUT2D eigenvalue weighted by Crippen LogP contribution is 2.48. The summed E-state index contributed by atoms with van der Waals surface area (Å²) in [5.74, 6) is 1.08. The molecule has 4 aromatic rings. The molecule has 0 unspecified atom stereocenters. The number of imidazole rings is 1. The lowest BCUT2D eigenvalue weighted by atomic mass is 9.64. The van der Waals surface area contributed by atoms with Gasteiger partial charge in [0.05, 0.1) is 28.1 Å². The summed E-state index contributed by atoms with van der Waals surface area (Å²) in [5.41, 5.74) is 3.53. The van der Waals surface area contributed by atoms with Crippen LogP contribution in [0.5, 0.6) is 0 Å². The van der Waals surface area contributed by atoms with E-state index in [0.717, 1.165) is 41.7 Å². The first-order chi connectivity index (χ1) is 15.1. The van der Waals surface area contributed by atoms with E-state index >= 15 is 0 Å². The van der Waals surface area contributed by atoms with Gasteiger partial charge in [0.25, 0.3) is 5.91 Å². The van der Waals surface area contributed by atoms with Crippen molar-refractivity contribution >= 4 is 34.4 Å². The highest BCUT2D eigenvalue weighted by molar-refractivity contribution is 6.31. The molecule has 6 nitrogen and oxygen atoms in total. The van der Waals surface area contributed by atoms with Crippen LogP contribution in [0.2, 0.25) is 5.02 Å². The summed E-state index contributed by atoms with van der Waals surface area (Å²) in [7, 11) is 0. The van der Waals surface area contributed by atoms with Gasteiger partial charge in [0, 0.05) is 16.8 Å². The third-order valence-electron chi connectivity index (χ3n) is 5.92. The van der Waals surface area contributed by atoms with E-state index in [1.54, 1.807) is 36.5 Å². The minimum Gasteiger partial charge on any atom is -0.341 e. The van der Waals surface area contributed by atoms with Gasteiger partial charge in [0.2, 0.25) is 0 Å². The normalized spacial score (nSPS) is 14.6. The largest absolute Gasteiger partial charge is 0.341 e. The summed E-state index contributed by atoms with van der Waals surface area (Å²) in [4.78, 5) is 25.2. The number of halogens is 1. The van der Waals surface area contributed by atoms with Gasteiger partial charge in [0.1, 0.15) is 11.6 Å². The topological polar surface area (TPSA) is 94.5 Å². The zero-order valence-electron chi connectivity index (χ0n) is 16.5. The number of nitrogens with one attached hydrogen (secondary N) is 2. The molecule has 2 aromatic heterocycles. The van der Waals surface area contributed by atoms with Crippen molar-refractivity contribution in [3.8, 4) is 6.07 Å². The predicted molar refractivity (Wildman–Crippen MR) is 119 cm³/mol. The van der Waals surface area contributed by atoms with Gasteiger partial charge in [-0.05, 0) is 60.9 Å². The molecule has 2 N–H and O–H groups in total. The lowest BCUT2D eigenvalue weighted by Gasteiger charge is -2.40. The van der Waals surface area contributed by atoms with Crippen LogP contribution in [0.3, 0.4) is 0 Å². The molecule has 1 saturated carbocycles. The van der Waals surface area contributed by atoms with E-state index in [9.17, 15) is 4.79 Å². The number of aromatic amines is 1. The number of fused-ring (bicyclic) bond motifs is 1. The van der Waals surface area contributed by atoms with Gasteiger partial charge in [-0.2, -0.15) is 5.26 Å². The summed E-state index contributed by atoms with van der Waals surface area (Å²) in [6, 6.07) is 18.1. The zero-order valence-corrected chi connectivity index (χ0v) is 17.3. The summed E-state index contributed by atoms with van der Waals surface area (Å²) >= 11 is 6.11. The van der Waals surface area contributed by atoms with Crippen LogP contribution in [0.25, 0.3) is 11.0 Å². The van der Waals surface area contributed by atoms with Gasteiger partial charge in [-0.15, -0.1) is 0 Å². The number of pyridine rings is 1. The van der Waals surface area contributed by atoms with E-state index in [2.05, 4.69) is 15.3 Å². The summed E-state index contributed by atoms with van der Waals surface area (Å²) in [6.07, 6.45) is 4.88. The molecule has 5 rings (SSSR count). The molecule has 152 valence electrons. The molecular formula is C24H18ClN5O. The van der Waals surface area contributed by atoms with Gasteiger partial charge in [-0.25, -0.2) is 9.97 Å². The Morgan fingerprint density at radius 2 is 2.03 bits per heavy atom. The first-order valence-corrected chi connectivity index (χ1v) is 10.4. The van der Waals surface area contributed by atoms with Crippen LogP contribution in [0.1, 0.15) is 46.6 Å². The Morgan fingerprint density at radius 1 is 1.16 bits per heavy atom. The van der Waals surface area contributed by atoms with Gasteiger partial charge < -0.3 is 10.3 Å². The number of carbonyl (C=O) groups excluding carboxylic acids is 1. The van der Waals surface area contributed by atoms with Gasteiger partial charge in [-0.1, -0.05) is 30.2 Å². The van der Waals surface area contributed by atoms with Crippen molar-refractivity contribution in [3.05, 3.63) is 88.3 Å². The standard InChI is InChI=1S/C24H18ClN5O/c25-18-6-7-19-20(12-18)29-23(28-19)24(9-2-10-24)17-5-8-21(27-14-17)30-22(31)16-4-1-3-15(11-16)13-26/h1,3-8,11-12,14H,2,9-10H2,(H,28,29)(H,27,30,31). The zero-order chi connectivity index (χ0) is 21.4. The third kappa shape index (κ3) is 3.43. The second-order valence-corrected chi connectivity index (χ2v) is 8.20. The lowest BCUT2D eigenvalue weighted by Crippen LogP contribution is -2.36. The molecule has 0 spiro atoms. The quantitative estimate of drug-likeness (QED) is 0.467. The maximum Gasteiger partial charge on any atom is 0.256 e. The average Bonchev–Trinajstić information content (AvgIpc) is 3.17. The highest BCUT2D eigenvalue weighted by atomic mass is 35.5. The number of carbonyl (C=O) groups is 1. The van der Waals surface area contributed by atoms with E-state index < -0.39 is 0 Å². The molecule has 0 radical (unpaired) electrons. The van der Waals surface area contributed by atoms with Crippen LogP contribution in [-0.2, 0) is 5.41 Å². The van der Waals surface area contributed by atoms with Gasteiger partial charge >= 0.3 is 0 Å². The van der Waals surface area contributed by atoms with Crippen LogP contribution in [0, 0.1) is 11.3 Å². The minimum atomic E-state index is -0.301. The number of nitrogens with zero attached hydrogens (tertiary/aromatic N) is 3. The molecule has 0 bridgehead atoms. The monoisotopic (exact) mass is 427 g/mol. The second-order valence-electron chi connectivity index (χ2n) is 7.76. The number of benzene rings is 2. The fraction of sp³-hybridized carbons (Fsp3) is 0.167. The van der Waals surface area contributed by atoms with Gasteiger partial charge in [-0.3, -0.25) is 4.79 Å². The number of anilines is 1. The van der Waals surface area contributed by atoms with Crippen LogP contribution in [-0.4, -0.2) is 20.9 Å². The summed E-state index contributed by atoms with van der Waals surface area (Å²) < 4.78 is 0. The Kier molecular flexibility index (Phi) is 4.68. The van der Waals surface area contributed by atoms with Crippen LogP contribution in [0.15, 0.2) is 60.8 Å². The van der Waals surface area contributed by atoms with Crippen molar-refractivity contribution in [1.29, 1.82) is 5.26 Å². The fourth-order valence-corrected chi connectivity index (χ4v) is 4.23. The Hall–Kier alpha value is -3.69. The molecule has 1 aliphatic rings. The van der Waals surface area contributed by atoms with Crippen molar-refractivity contribution < 1.29 is 4.79 Å². The van der Waals surface area contributed by atoms with E-state index in [1.165, 1.54) is 0 Å². The number of nitriles is 1. The summed E-state index contributed by atoms with van der Waals surface area (Å²) in [5, 5.41) is 12.5. The van der Waals surface area contributed by atoms with Crippen LogP contribution in [0.4, 0.5) is 5.82 Å². The van der Waals surface area contributed by atoms with Crippen molar-refractivity contribution in [2.45, 2.75) is 24.7 Å². The molecular weight excluding hydrogens is 410 g/mol. The molecule has 2 aromatic carbocycles.